The van der Waals surface area contributed by atoms with E-state index in [1.165, 1.54) is 6.07 Å². The second-order valence-corrected chi connectivity index (χ2v) is 5.58. The number of imidazole rings is 1. The Bertz CT molecular complexity index is 653. The van der Waals surface area contributed by atoms with E-state index in [0.29, 0.717) is 12.1 Å². The van der Waals surface area contributed by atoms with Crippen LogP contribution in [-0.2, 0) is 15.5 Å². The van der Waals surface area contributed by atoms with E-state index in [1.54, 1.807) is 6.07 Å². The van der Waals surface area contributed by atoms with Gasteiger partial charge in [-0.1, -0.05) is 6.92 Å². The first kappa shape index (κ1) is 11.3. The summed E-state index contributed by atoms with van der Waals surface area (Å²) in [6.45, 7) is 1.84. The molecule has 0 radical (unpaired) electrons. The van der Waals surface area contributed by atoms with Crippen molar-refractivity contribution in [3.8, 4) is 0 Å². The fourth-order valence-corrected chi connectivity index (χ4v) is 2.29. The molecular weight excluding hydrogens is 257 g/mol. The third kappa shape index (κ3) is 1.76. The molecule has 0 unspecified atom stereocenters. The summed E-state index contributed by atoms with van der Waals surface area (Å²) in [4.78, 5) is 3.43. The van der Waals surface area contributed by atoms with Crippen LogP contribution in [0.1, 0.15) is 12.6 Å². The second-order valence-electron chi connectivity index (χ2n) is 3.09. The maximum atomic E-state index is 13.3. The Morgan fingerprint density at radius 1 is 1.50 bits per heavy atom. The van der Waals surface area contributed by atoms with Crippen LogP contribution in [0.2, 0.25) is 0 Å². The molecule has 0 N–H and O–H groups in total. The highest BCUT2D eigenvalue weighted by Crippen LogP contribution is 2.19. The summed E-state index contributed by atoms with van der Waals surface area (Å²) < 4.78 is 36.5. The highest BCUT2D eigenvalue weighted by Gasteiger charge is 2.24. The largest absolute Gasteiger partial charge is 0.283 e. The molecule has 2 heterocycles. The molecule has 2 aromatic heterocycles. The predicted octanol–water partition coefficient (Wildman–Crippen LogP) is 1.36. The van der Waals surface area contributed by atoms with Crippen molar-refractivity contribution in [2.45, 2.75) is 18.4 Å². The number of rotatable bonds is 2. The summed E-state index contributed by atoms with van der Waals surface area (Å²) in [5, 5.41) is 3.21. The van der Waals surface area contributed by atoms with Gasteiger partial charge in [-0.2, -0.15) is 19.0 Å². The van der Waals surface area contributed by atoms with Gasteiger partial charge in [0.25, 0.3) is 15.0 Å². The Balaban J connectivity index is 2.87. The van der Waals surface area contributed by atoms with Crippen LogP contribution in [0.5, 0.6) is 0 Å². The zero-order valence-corrected chi connectivity index (χ0v) is 9.76. The van der Waals surface area contributed by atoms with E-state index >= 15 is 0 Å². The highest BCUT2D eigenvalue weighted by atomic mass is 35.7. The van der Waals surface area contributed by atoms with Gasteiger partial charge in [-0.25, -0.2) is 8.42 Å². The molecule has 0 bridgehead atoms. The summed E-state index contributed by atoms with van der Waals surface area (Å²) in [5.41, 5.74) is 0.723. The Hall–Kier alpha value is -1.21. The van der Waals surface area contributed by atoms with E-state index in [0.717, 1.165) is 4.52 Å². The minimum Gasteiger partial charge on any atom is -0.205 e. The summed E-state index contributed by atoms with van der Waals surface area (Å²) >= 11 is 0. The molecule has 0 atom stereocenters. The van der Waals surface area contributed by atoms with Crippen LogP contribution in [0.4, 0.5) is 4.39 Å². The molecule has 0 saturated carbocycles. The van der Waals surface area contributed by atoms with Gasteiger partial charge in [0.05, 0.1) is 5.69 Å². The Labute approximate surface area is 95.3 Å². The lowest BCUT2D eigenvalue weighted by molar-refractivity contribution is 0.538. The monoisotopic (exact) mass is 263 g/mol. The van der Waals surface area contributed by atoms with Crippen LogP contribution in [0, 0.1) is 5.95 Å². The lowest BCUT2D eigenvalue weighted by Gasteiger charge is -1.99. The average molecular weight is 264 g/mol. The van der Waals surface area contributed by atoms with Gasteiger partial charge in [-0.3, -0.25) is 0 Å². The number of hydrogen-bond acceptors (Lipinski definition) is 4. The van der Waals surface area contributed by atoms with E-state index in [9.17, 15) is 12.8 Å². The van der Waals surface area contributed by atoms with Crippen molar-refractivity contribution in [1.29, 1.82) is 0 Å². The van der Waals surface area contributed by atoms with Gasteiger partial charge < -0.3 is 0 Å². The lowest BCUT2D eigenvalue weighted by Crippen LogP contribution is -2.04. The standard InChI is InChI=1S/C8H7ClFN3O2S/c1-2-5-3-4-6-11-7(10)8(13(6)12-5)16(9,14)15/h3-4H,2H2,1H3. The SMILES string of the molecule is CCc1ccc2nc(F)c(S(=O)(=O)Cl)n2n1. The molecule has 0 aliphatic rings. The molecular formula is C8H7ClFN3O2S. The minimum absolute atomic E-state index is 0.105. The number of hydrogen-bond donors (Lipinski definition) is 0. The molecule has 2 rings (SSSR count). The first-order valence-electron chi connectivity index (χ1n) is 4.42. The topological polar surface area (TPSA) is 64.3 Å². The fraction of sp³-hybridized carbons (Fsp3) is 0.250. The second kappa shape index (κ2) is 3.67. The van der Waals surface area contributed by atoms with Gasteiger partial charge in [-0.15, -0.1) is 0 Å². The van der Waals surface area contributed by atoms with Crippen molar-refractivity contribution < 1.29 is 12.8 Å². The number of halogens is 2. The molecule has 0 aromatic carbocycles. The molecule has 16 heavy (non-hydrogen) atoms. The third-order valence-electron chi connectivity index (χ3n) is 2.04. The van der Waals surface area contributed by atoms with Crippen LogP contribution in [-0.4, -0.2) is 23.0 Å². The van der Waals surface area contributed by atoms with Crippen molar-refractivity contribution in [3.63, 3.8) is 0 Å². The quantitative estimate of drug-likeness (QED) is 0.768. The van der Waals surface area contributed by atoms with Gasteiger partial charge in [0.1, 0.15) is 0 Å². The van der Waals surface area contributed by atoms with Gasteiger partial charge in [-0.05, 0) is 18.6 Å². The van der Waals surface area contributed by atoms with Crippen molar-refractivity contribution >= 4 is 25.4 Å². The van der Waals surface area contributed by atoms with E-state index in [2.05, 4.69) is 10.1 Å². The van der Waals surface area contributed by atoms with Crippen molar-refractivity contribution in [2.75, 3.05) is 0 Å². The number of fused-ring (bicyclic) bond motifs is 1. The van der Waals surface area contributed by atoms with Crippen molar-refractivity contribution in [2.24, 2.45) is 0 Å². The van der Waals surface area contributed by atoms with Crippen LogP contribution in [0.3, 0.4) is 0 Å². The Kier molecular flexibility index (Phi) is 2.59. The van der Waals surface area contributed by atoms with Crippen LogP contribution in [0.15, 0.2) is 17.2 Å². The molecule has 5 nitrogen and oxygen atoms in total. The van der Waals surface area contributed by atoms with E-state index in [4.69, 9.17) is 10.7 Å². The van der Waals surface area contributed by atoms with E-state index in [-0.39, 0.29) is 5.65 Å². The van der Waals surface area contributed by atoms with Crippen LogP contribution in [0.25, 0.3) is 5.65 Å². The first-order valence-corrected chi connectivity index (χ1v) is 6.73. The van der Waals surface area contributed by atoms with Gasteiger partial charge in [0.2, 0.25) is 5.03 Å². The maximum Gasteiger partial charge on any atom is 0.283 e. The molecule has 0 fully saturated rings. The van der Waals surface area contributed by atoms with Gasteiger partial charge in [0, 0.05) is 10.7 Å². The Morgan fingerprint density at radius 3 is 2.75 bits per heavy atom. The van der Waals surface area contributed by atoms with E-state index in [1.807, 2.05) is 6.92 Å². The number of aromatic nitrogens is 3. The highest BCUT2D eigenvalue weighted by molar-refractivity contribution is 8.13. The average Bonchev–Trinajstić information content (AvgIpc) is 2.51. The smallest absolute Gasteiger partial charge is 0.205 e. The third-order valence-corrected chi connectivity index (χ3v) is 3.29. The summed E-state index contributed by atoms with van der Waals surface area (Å²) in [7, 11) is 0.905. The summed E-state index contributed by atoms with van der Waals surface area (Å²) in [6.07, 6.45) is 0.595. The lowest BCUT2D eigenvalue weighted by atomic mass is 10.3. The maximum absolute atomic E-state index is 13.3. The van der Waals surface area contributed by atoms with Crippen molar-refractivity contribution in [3.05, 3.63) is 23.8 Å². The molecule has 0 spiro atoms. The molecule has 86 valence electrons. The zero-order chi connectivity index (χ0) is 11.9. The van der Waals surface area contributed by atoms with Gasteiger partial charge >= 0.3 is 0 Å². The molecule has 0 aliphatic carbocycles. The van der Waals surface area contributed by atoms with Gasteiger partial charge in [0.15, 0.2) is 5.65 Å². The molecule has 0 aliphatic heterocycles. The molecule has 0 amide bonds. The van der Waals surface area contributed by atoms with E-state index < -0.39 is 20.0 Å². The molecule has 8 heteroatoms. The first-order chi connectivity index (χ1) is 7.43. The fourth-order valence-electron chi connectivity index (χ4n) is 1.32. The number of nitrogens with zero attached hydrogens (tertiary/aromatic N) is 3. The molecule has 0 saturated heterocycles. The Morgan fingerprint density at radius 2 is 2.19 bits per heavy atom. The summed E-state index contributed by atoms with van der Waals surface area (Å²) in [6, 6.07) is 3.13. The normalized spacial score (nSPS) is 12.2. The number of aryl methyl sites for hydroxylation is 1. The predicted molar refractivity (Wildman–Crippen MR) is 55.4 cm³/mol. The van der Waals surface area contributed by atoms with Crippen LogP contribution < -0.4 is 0 Å². The summed E-state index contributed by atoms with van der Waals surface area (Å²) in [5.74, 6) is -1.14. The zero-order valence-electron chi connectivity index (χ0n) is 8.18. The van der Waals surface area contributed by atoms with Crippen molar-refractivity contribution in [1.82, 2.24) is 14.6 Å². The van der Waals surface area contributed by atoms with Crippen LogP contribution >= 0.6 is 10.7 Å². The minimum atomic E-state index is -4.21. The molecule has 2 aromatic rings.